The average Bonchev–Trinajstić information content (AvgIpc) is 2.62. The molecule has 2 rings (SSSR count). The highest BCUT2D eigenvalue weighted by Crippen LogP contribution is 2.30. The quantitative estimate of drug-likeness (QED) is 0.890. The number of nitrogen functional groups attached to an aromatic ring is 1. The summed E-state index contributed by atoms with van der Waals surface area (Å²) >= 11 is 6.13. The van der Waals surface area contributed by atoms with E-state index in [0.717, 1.165) is 27.8 Å². The Morgan fingerprint density at radius 3 is 2.58 bits per heavy atom. The van der Waals surface area contributed by atoms with E-state index in [9.17, 15) is 0 Å². The molecule has 0 saturated carbocycles. The van der Waals surface area contributed by atoms with Crippen molar-refractivity contribution in [1.82, 2.24) is 9.78 Å². The van der Waals surface area contributed by atoms with Gasteiger partial charge in [0.2, 0.25) is 0 Å². The van der Waals surface area contributed by atoms with Crippen LogP contribution in [0.2, 0.25) is 5.02 Å². The normalized spacial score (nSPS) is 11.1. The van der Waals surface area contributed by atoms with E-state index in [1.165, 1.54) is 0 Å². The first-order chi connectivity index (χ1) is 8.90. The van der Waals surface area contributed by atoms with Gasteiger partial charge in [0.05, 0.1) is 11.4 Å². The van der Waals surface area contributed by atoms with Crippen LogP contribution in [0.15, 0.2) is 18.2 Å². The van der Waals surface area contributed by atoms with Crippen molar-refractivity contribution in [3.8, 4) is 0 Å². The Hall–Kier alpha value is -1.68. The van der Waals surface area contributed by atoms with Crippen molar-refractivity contribution in [2.45, 2.75) is 33.7 Å². The summed E-state index contributed by atoms with van der Waals surface area (Å²) in [6.45, 7) is 8.02. The van der Waals surface area contributed by atoms with Crippen LogP contribution >= 0.6 is 11.6 Å². The molecule has 4 nitrogen and oxygen atoms in total. The molecule has 0 aliphatic carbocycles. The maximum absolute atomic E-state index is 6.13. The van der Waals surface area contributed by atoms with E-state index >= 15 is 0 Å². The Morgan fingerprint density at radius 1 is 1.32 bits per heavy atom. The number of halogens is 1. The van der Waals surface area contributed by atoms with Gasteiger partial charge in [-0.2, -0.15) is 5.10 Å². The van der Waals surface area contributed by atoms with Gasteiger partial charge in [-0.25, -0.2) is 4.68 Å². The second-order valence-electron chi connectivity index (χ2n) is 4.97. The summed E-state index contributed by atoms with van der Waals surface area (Å²) in [5.41, 5.74) is 9.53. The lowest BCUT2D eigenvalue weighted by Crippen LogP contribution is -2.08. The van der Waals surface area contributed by atoms with Crippen molar-refractivity contribution in [3.05, 3.63) is 34.5 Å². The molecule has 1 heterocycles. The number of aryl methyl sites for hydroxylation is 2. The molecule has 0 fully saturated rings. The van der Waals surface area contributed by atoms with E-state index in [-0.39, 0.29) is 6.04 Å². The Balaban J connectivity index is 2.40. The van der Waals surface area contributed by atoms with Crippen LogP contribution in [-0.4, -0.2) is 9.78 Å². The summed E-state index contributed by atoms with van der Waals surface area (Å²) in [5.74, 6) is 0.812. The Morgan fingerprint density at radius 2 is 2.00 bits per heavy atom. The number of hydrogen-bond donors (Lipinski definition) is 2. The molecule has 0 aliphatic rings. The molecule has 2 aromatic rings. The zero-order chi connectivity index (χ0) is 14.2. The molecule has 102 valence electrons. The van der Waals surface area contributed by atoms with Gasteiger partial charge in [-0.3, -0.25) is 0 Å². The molecule has 0 amide bonds. The minimum atomic E-state index is 0.236. The molecule has 0 bridgehead atoms. The predicted molar refractivity (Wildman–Crippen MR) is 81.2 cm³/mol. The van der Waals surface area contributed by atoms with Gasteiger partial charge in [0.25, 0.3) is 0 Å². The maximum atomic E-state index is 6.13. The molecule has 5 heteroatoms. The summed E-state index contributed by atoms with van der Waals surface area (Å²) < 4.78 is 1.89. The number of nitrogens with two attached hydrogens (primary N) is 1. The van der Waals surface area contributed by atoms with Crippen molar-refractivity contribution in [3.63, 3.8) is 0 Å². The van der Waals surface area contributed by atoms with Gasteiger partial charge < -0.3 is 11.1 Å². The third kappa shape index (κ3) is 2.68. The van der Waals surface area contributed by atoms with Crippen molar-refractivity contribution in [2.24, 2.45) is 0 Å². The Labute approximate surface area is 118 Å². The van der Waals surface area contributed by atoms with Crippen LogP contribution in [0.1, 0.15) is 31.1 Å². The second-order valence-corrected chi connectivity index (χ2v) is 5.38. The minimum Gasteiger partial charge on any atom is -0.394 e. The molecular weight excluding hydrogens is 260 g/mol. The zero-order valence-electron chi connectivity index (χ0n) is 11.7. The third-order valence-corrected chi connectivity index (χ3v) is 3.46. The smallest absolute Gasteiger partial charge is 0.152 e. The van der Waals surface area contributed by atoms with Crippen LogP contribution < -0.4 is 11.1 Å². The minimum absolute atomic E-state index is 0.236. The lowest BCUT2D eigenvalue weighted by Gasteiger charge is -2.14. The van der Waals surface area contributed by atoms with Gasteiger partial charge in [-0.1, -0.05) is 17.7 Å². The van der Waals surface area contributed by atoms with Crippen LogP contribution in [0.25, 0.3) is 0 Å². The summed E-state index contributed by atoms with van der Waals surface area (Å²) in [4.78, 5) is 0. The van der Waals surface area contributed by atoms with Crippen LogP contribution in [-0.2, 0) is 0 Å². The average molecular weight is 279 g/mol. The highest BCUT2D eigenvalue weighted by atomic mass is 35.5. The monoisotopic (exact) mass is 278 g/mol. The predicted octanol–water partition coefficient (Wildman–Crippen LogP) is 4.06. The van der Waals surface area contributed by atoms with Gasteiger partial charge in [0.15, 0.2) is 5.82 Å². The molecule has 1 aromatic heterocycles. The van der Waals surface area contributed by atoms with Crippen LogP contribution in [0.5, 0.6) is 0 Å². The summed E-state index contributed by atoms with van der Waals surface area (Å²) in [6, 6.07) is 6.08. The molecule has 0 atom stereocenters. The number of nitrogens with one attached hydrogen (secondary N) is 1. The third-order valence-electron chi connectivity index (χ3n) is 3.06. The molecule has 19 heavy (non-hydrogen) atoms. The SMILES string of the molecule is Cc1ccc(Nc2c(N)c(C)nn2C(C)C)cc1Cl. The number of benzene rings is 1. The van der Waals surface area contributed by atoms with Crippen LogP contribution in [0, 0.1) is 13.8 Å². The van der Waals surface area contributed by atoms with E-state index in [4.69, 9.17) is 17.3 Å². The van der Waals surface area contributed by atoms with Crippen molar-refractivity contribution in [2.75, 3.05) is 11.1 Å². The lowest BCUT2D eigenvalue weighted by molar-refractivity contribution is 0.536. The first-order valence-electron chi connectivity index (χ1n) is 6.28. The van der Waals surface area contributed by atoms with Gasteiger partial charge >= 0.3 is 0 Å². The van der Waals surface area contributed by atoms with E-state index in [2.05, 4.69) is 24.3 Å². The summed E-state index contributed by atoms with van der Waals surface area (Å²) in [5, 5.41) is 8.48. The van der Waals surface area contributed by atoms with Crippen LogP contribution in [0.3, 0.4) is 0 Å². The molecule has 3 N–H and O–H groups in total. The van der Waals surface area contributed by atoms with E-state index in [0.29, 0.717) is 5.69 Å². The fraction of sp³-hybridized carbons (Fsp3) is 0.357. The summed E-state index contributed by atoms with van der Waals surface area (Å²) in [7, 11) is 0. The largest absolute Gasteiger partial charge is 0.394 e. The standard InChI is InChI=1S/C14H19ClN4/c1-8(2)19-14(13(16)10(4)18-19)17-11-6-5-9(3)12(15)7-11/h5-8,17H,16H2,1-4H3. The number of nitrogens with zero attached hydrogens (tertiary/aromatic N) is 2. The Bertz CT molecular complexity index is 602. The van der Waals surface area contributed by atoms with Gasteiger partial charge in [-0.15, -0.1) is 0 Å². The molecule has 0 saturated heterocycles. The first-order valence-corrected chi connectivity index (χ1v) is 6.65. The van der Waals surface area contributed by atoms with Crippen molar-refractivity contribution < 1.29 is 0 Å². The van der Waals surface area contributed by atoms with Crippen molar-refractivity contribution in [1.29, 1.82) is 0 Å². The molecule has 0 spiro atoms. The van der Waals surface area contributed by atoms with Crippen LogP contribution in [0.4, 0.5) is 17.2 Å². The maximum Gasteiger partial charge on any atom is 0.152 e. The number of anilines is 3. The van der Waals surface area contributed by atoms with E-state index in [1.54, 1.807) is 0 Å². The number of hydrogen-bond acceptors (Lipinski definition) is 3. The van der Waals surface area contributed by atoms with E-state index in [1.807, 2.05) is 36.7 Å². The highest BCUT2D eigenvalue weighted by molar-refractivity contribution is 6.31. The molecule has 0 radical (unpaired) electrons. The van der Waals surface area contributed by atoms with Gasteiger partial charge in [0, 0.05) is 16.8 Å². The van der Waals surface area contributed by atoms with Gasteiger partial charge in [-0.05, 0) is 45.4 Å². The summed E-state index contributed by atoms with van der Waals surface area (Å²) in [6.07, 6.45) is 0. The fourth-order valence-electron chi connectivity index (χ4n) is 1.87. The first kappa shape index (κ1) is 13.7. The van der Waals surface area contributed by atoms with Gasteiger partial charge in [0.1, 0.15) is 0 Å². The number of aromatic nitrogens is 2. The second kappa shape index (κ2) is 5.13. The molecule has 1 aromatic carbocycles. The molecule has 0 aliphatic heterocycles. The fourth-order valence-corrected chi connectivity index (χ4v) is 2.05. The van der Waals surface area contributed by atoms with E-state index < -0.39 is 0 Å². The topological polar surface area (TPSA) is 55.9 Å². The zero-order valence-corrected chi connectivity index (χ0v) is 12.4. The van der Waals surface area contributed by atoms with Crippen molar-refractivity contribution >= 4 is 28.8 Å². The number of rotatable bonds is 3. The Kier molecular flexibility index (Phi) is 3.71. The lowest BCUT2D eigenvalue weighted by atomic mass is 10.2. The highest BCUT2D eigenvalue weighted by Gasteiger charge is 2.15. The molecule has 0 unspecified atom stereocenters. The molecular formula is C14H19ClN4.